The van der Waals surface area contributed by atoms with Gasteiger partial charge in [-0.3, -0.25) is 0 Å². The molecule has 33 heavy (non-hydrogen) atoms. The normalized spacial score (nSPS) is 25.3. The van der Waals surface area contributed by atoms with Gasteiger partial charge in [-0.25, -0.2) is 4.42 Å². The summed E-state index contributed by atoms with van der Waals surface area (Å²) in [5, 5.41) is 88.9. The van der Waals surface area contributed by atoms with E-state index in [2.05, 4.69) is 0 Å². The highest BCUT2D eigenvalue weighted by Gasteiger charge is 2.45. The zero-order valence-electron chi connectivity index (χ0n) is 16.7. The van der Waals surface area contributed by atoms with Crippen molar-refractivity contribution < 1.29 is 59.8 Å². The first kappa shape index (κ1) is 22.6. The summed E-state index contributed by atoms with van der Waals surface area (Å²) < 4.78 is 16.4. The number of fused-ring (bicyclic) bond motifs is 1. The molecule has 2 heterocycles. The summed E-state index contributed by atoms with van der Waals surface area (Å²) in [4.78, 5) is 0. The molecule has 2 aromatic carbocycles. The van der Waals surface area contributed by atoms with Crippen molar-refractivity contribution in [2.75, 3.05) is 6.61 Å². The van der Waals surface area contributed by atoms with Crippen molar-refractivity contribution in [3.63, 3.8) is 0 Å². The number of benzene rings is 2. The fourth-order valence-corrected chi connectivity index (χ4v) is 3.49. The second-order valence-electron chi connectivity index (χ2n) is 7.49. The third-order valence-corrected chi connectivity index (χ3v) is 5.25. The van der Waals surface area contributed by atoms with Gasteiger partial charge in [-0.15, -0.1) is 0 Å². The first-order valence-electron chi connectivity index (χ1n) is 9.66. The second-order valence-corrected chi connectivity index (χ2v) is 7.49. The summed E-state index contributed by atoms with van der Waals surface area (Å²) >= 11 is 0. The van der Waals surface area contributed by atoms with Crippen LogP contribution in [0, 0.1) is 0 Å². The van der Waals surface area contributed by atoms with Gasteiger partial charge in [0.2, 0.25) is 12.0 Å². The summed E-state index contributed by atoms with van der Waals surface area (Å²) in [5.41, 5.74) is -0.0311. The lowest BCUT2D eigenvalue weighted by Crippen LogP contribution is -2.60. The van der Waals surface area contributed by atoms with E-state index in [-0.39, 0.29) is 28.0 Å². The molecule has 1 saturated heterocycles. The second kappa shape index (κ2) is 8.42. The summed E-state index contributed by atoms with van der Waals surface area (Å²) in [5.74, 6) is -3.26. The van der Waals surface area contributed by atoms with E-state index in [1.807, 2.05) is 0 Å². The van der Waals surface area contributed by atoms with Gasteiger partial charge < -0.3 is 55.4 Å². The Morgan fingerprint density at radius 3 is 2.09 bits per heavy atom. The standard InChI is InChI=1S/C21H20O12/c22-6-15-17(28)18(29)19(30)21(33-15)31-8-3-10(23)9-5-13(26)20(32-14(9)4-8)7-1-11(24)16(27)12(25)2-7/h1-5,15,17-19,21-22,28-30H,6H2,(H4-,23,24,25,26,27)/p+1/t15-,17+,18-,19+,21+/m0/s1. The van der Waals surface area contributed by atoms with Crippen LogP contribution in [0.3, 0.4) is 0 Å². The van der Waals surface area contributed by atoms with Crippen LogP contribution < -0.4 is 4.74 Å². The van der Waals surface area contributed by atoms with Crippen LogP contribution >= 0.6 is 0 Å². The topological polar surface area (TPSA) is 212 Å². The van der Waals surface area contributed by atoms with Crippen LogP contribution in [-0.2, 0) is 4.74 Å². The van der Waals surface area contributed by atoms with E-state index in [0.717, 1.165) is 24.3 Å². The SMILES string of the molecule is OC[C@@H]1O[C@@H](Oc2cc(O)c3cc(O)c(-c4cc(O)c(O)c(O)c4)[o+]c3c2)[C@H](O)[C@@H](O)[C@@H]1O. The lowest BCUT2D eigenvalue weighted by atomic mass is 9.99. The van der Waals surface area contributed by atoms with Gasteiger partial charge in [-0.05, 0) is 0 Å². The molecular formula is C21H21O12+. The Balaban J connectivity index is 1.73. The molecule has 0 aliphatic carbocycles. The Kier molecular flexibility index (Phi) is 5.78. The van der Waals surface area contributed by atoms with Gasteiger partial charge in [0, 0.05) is 24.3 Å². The molecule has 0 bridgehead atoms. The average Bonchev–Trinajstić information content (AvgIpc) is 2.77. The number of aliphatic hydroxyl groups excluding tert-OH is 4. The van der Waals surface area contributed by atoms with Gasteiger partial charge in [0.15, 0.2) is 17.2 Å². The van der Waals surface area contributed by atoms with E-state index in [9.17, 15) is 46.0 Å². The van der Waals surface area contributed by atoms with Crippen LogP contribution in [0.15, 0.2) is 34.7 Å². The molecule has 0 spiro atoms. The molecule has 0 radical (unpaired) electrons. The summed E-state index contributed by atoms with van der Waals surface area (Å²) in [7, 11) is 0. The van der Waals surface area contributed by atoms with E-state index in [0.29, 0.717) is 0 Å². The molecule has 4 rings (SSSR count). The van der Waals surface area contributed by atoms with E-state index >= 15 is 0 Å². The lowest BCUT2D eigenvalue weighted by Gasteiger charge is -2.39. The maximum Gasteiger partial charge on any atom is 0.402 e. The zero-order chi connectivity index (χ0) is 24.0. The molecule has 1 fully saturated rings. The Hall–Kier alpha value is -3.55. The Bertz CT molecular complexity index is 1170. The average molecular weight is 465 g/mol. The van der Waals surface area contributed by atoms with E-state index in [4.69, 9.17) is 13.9 Å². The molecular weight excluding hydrogens is 444 g/mol. The van der Waals surface area contributed by atoms with Crippen molar-refractivity contribution in [1.82, 2.24) is 0 Å². The molecule has 1 aliphatic heterocycles. The minimum atomic E-state index is -1.68. The van der Waals surface area contributed by atoms with Crippen molar-refractivity contribution >= 4 is 11.0 Å². The molecule has 176 valence electrons. The highest BCUT2D eigenvalue weighted by atomic mass is 16.7. The lowest BCUT2D eigenvalue weighted by molar-refractivity contribution is -0.277. The smallest absolute Gasteiger partial charge is 0.402 e. The summed E-state index contributed by atoms with van der Waals surface area (Å²) in [6, 6.07) is 5.61. The number of ether oxygens (including phenoxy) is 2. The molecule has 12 heteroatoms. The largest absolute Gasteiger partial charge is 0.507 e. The van der Waals surface area contributed by atoms with Gasteiger partial charge in [0.1, 0.15) is 41.3 Å². The van der Waals surface area contributed by atoms with Gasteiger partial charge in [0.25, 0.3) is 0 Å². The fourth-order valence-electron chi connectivity index (χ4n) is 3.49. The van der Waals surface area contributed by atoms with Crippen LogP contribution in [0.5, 0.6) is 34.5 Å². The number of phenolic OH excluding ortho intramolecular Hbond substituents is 4. The third kappa shape index (κ3) is 4.01. The van der Waals surface area contributed by atoms with Crippen molar-refractivity contribution in [2.45, 2.75) is 30.7 Å². The number of rotatable bonds is 4. The number of phenols is 4. The molecule has 0 unspecified atom stereocenters. The molecule has 9 N–H and O–H groups in total. The quantitative estimate of drug-likeness (QED) is 0.185. The first-order valence-corrected chi connectivity index (χ1v) is 9.66. The predicted molar refractivity (Wildman–Crippen MR) is 109 cm³/mol. The van der Waals surface area contributed by atoms with Gasteiger partial charge >= 0.3 is 11.3 Å². The highest BCUT2D eigenvalue weighted by Crippen LogP contribution is 2.44. The Morgan fingerprint density at radius 1 is 0.788 bits per heavy atom. The van der Waals surface area contributed by atoms with Crippen LogP contribution in [-0.4, -0.2) is 83.3 Å². The summed E-state index contributed by atoms with van der Waals surface area (Å²) in [6.45, 7) is -0.655. The monoisotopic (exact) mass is 465 g/mol. The Morgan fingerprint density at radius 2 is 1.45 bits per heavy atom. The van der Waals surface area contributed by atoms with Crippen molar-refractivity contribution in [3.05, 3.63) is 30.3 Å². The molecule has 5 atom stereocenters. The molecule has 0 amide bonds. The zero-order valence-corrected chi connectivity index (χ0v) is 16.7. The number of hydrogen-bond acceptors (Lipinski definition) is 11. The van der Waals surface area contributed by atoms with E-state index in [1.54, 1.807) is 0 Å². The van der Waals surface area contributed by atoms with Gasteiger partial charge in [-0.2, -0.15) is 0 Å². The number of hydrogen-bond donors (Lipinski definition) is 9. The van der Waals surface area contributed by atoms with Crippen LogP contribution in [0.4, 0.5) is 0 Å². The van der Waals surface area contributed by atoms with Crippen molar-refractivity contribution in [1.29, 1.82) is 0 Å². The maximum absolute atomic E-state index is 10.4. The summed E-state index contributed by atoms with van der Waals surface area (Å²) in [6.07, 6.45) is -7.65. The van der Waals surface area contributed by atoms with E-state index in [1.165, 1.54) is 6.07 Å². The molecule has 3 aromatic rings. The van der Waals surface area contributed by atoms with Gasteiger partial charge in [-0.1, -0.05) is 0 Å². The molecule has 0 saturated carbocycles. The predicted octanol–water partition coefficient (Wildman–Crippen LogP) is 0.0876. The highest BCUT2D eigenvalue weighted by molar-refractivity contribution is 5.88. The third-order valence-electron chi connectivity index (χ3n) is 5.25. The molecule has 12 nitrogen and oxygen atoms in total. The van der Waals surface area contributed by atoms with Crippen molar-refractivity contribution in [2.24, 2.45) is 0 Å². The minimum Gasteiger partial charge on any atom is -0.507 e. The Labute approximate surface area is 185 Å². The minimum absolute atomic E-state index is 0.00180. The van der Waals surface area contributed by atoms with Crippen LogP contribution in [0.1, 0.15) is 0 Å². The fraction of sp³-hybridized carbons (Fsp3) is 0.286. The van der Waals surface area contributed by atoms with E-state index < -0.39 is 66.1 Å². The van der Waals surface area contributed by atoms with Crippen molar-refractivity contribution in [3.8, 4) is 45.8 Å². The maximum atomic E-state index is 10.4. The molecule has 1 aliphatic rings. The number of aromatic hydroxyl groups is 5. The van der Waals surface area contributed by atoms with Crippen LogP contribution in [0.2, 0.25) is 0 Å². The number of aliphatic hydroxyl groups is 4. The van der Waals surface area contributed by atoms with Crippen LogP contribution in [0.25, 0.3) is 22.3 Å². The molecule has 1 aromatic heterocycles. The van der Waals surface area contributed by atoms with Gasteiger partial charge in [0.05, 0.1) is 18.2 Å². The first-order chi connectivity index (χ1) is 15.6.